The molecule has 14 heteroatoms. The number of benzene rings is 3. The summed E-state index contributed by atoms with van der Waals surface area (Å²) in [5.41, 5.74) is 0.856. The quantitative estimate of drug-likeness (QED) is 0.116. The Kier molecular flexibility index (Phi) is 9.39. The van der Waals surface area contributed by atoms with E-state index in [0.717, 1.165) is 4.90 Å². The summed E-state index contributed by atoms with van der Waals surface area (Å²) in [6.07, 6.45) is -0.0790. The molecule has 2 saturated heterocycles. The first-order chi connectivity index (χ1) is 23.8. The number of hydrogen-bond acceptors (Lipinski definition) is 9. The van der Waals surface area contributed by atoms with Gasteiger partial charge in [-0.3, -0.25) is 28.8 Å². The molecule has 3 unspecified atom stereocenters. The van der Waals surface area contributed by atoms with Gasteiger partial charge in [0, 0.05) is 24.3 Å². The van der Waals surface area contributed by atoms with Crippen LogP contribution in [-0.4, -0.2) is 67.2 Å². The fourth-order valence-electron chi connectivity index (χ4n) is 6.07. The monoisotopic (exact) mass is 698 g/mol. The molecule has 0 saturated carbocycles. The lowest BCUT2D eigenvalue weighted by Gasteiger charge is -2.49. The van der Waals surface area contributed by atoms with Crippen LogP contribution in [0.4, 0.5) is 16.2 Å². The van der Waals surface area contributed by atoms with Crippen molar-refractivity contribution >= 4 is 46.1 Å². The highest BCUT2D eigenvalue weighted by Crippen LogP contribution is 2.39. The van der Waals surface area contributed by atoms with Crippen LogP contribution in [0.25, 0.3) is 0 Å². The van der Waals surface area contributed by atoms with Crippen molar-refractivity contribution in [3.8, 4) is 0 Å². The molecule has 0 bridgehead atoms. The van der Waals surface area contributed by atoms with Gasteiger partial charge in [0.25, 0.3) is 17.5 Å². The normalized spacial score (nSPS) is 21.2. The number of nitrogens with zero attached hydrogens (tertiary/aromatic N) is 3. The van der Waals surface area contributed by atoms with Crippen molar-refractivity contribution in [1.82, 2.24) is 10.2 Å². The minimum Gasteiger partial charge on any atom is -0.448 e. The number of ether oxygens (including phenoxy) is 2. The van der Waals surface area contributed by atoms with Gasteiger partial charge in [0.05, 0.1) is 27.2 Å². The maximum absolute atomic E-state index is 14.3. The van der Waals surface area contributed by atoms with Crippen LogP contribution < -0.4 is 10.2 Å². The number of β-lactam (4-membered cyclic amide) rings is 1. The molecular formula is C36H34N4O9S. The first kappa shape index (κ1) is 34.2. The van der Waals surface area contributed by atoms with Crippen molar-refractivity contribution in [2.45, 2.75) is 50.3 Å². The number of carbonyl (C=O) groups excluding carboxylic acids is 4. The lowest BCUT2D eigenvalue weighted by Crippen LogP contribution is -2.73. The minimum atomic E-state index is -1.81. The second-order valence-corrected chi connectivity index (χ2v) is 14.4. The van der Waals surface area contributed by atoms with Crippen LogP contribution in [0, 0.1) is 10.1 Å². The average Bonchev–Trinajstić information content (AvgIpc) is 3.45. The highest BCUT2D eigenvalue weighted by molar-refractivity contribution is 7.86. The van der Waals surface area contributed by atoms with Gasteiger partial charge < -0.3 is 19.7 Å². The molecule has 3 aromatic rings. The fourth-order valence-corrected chi connectivity index (χ4v) is 7.70. The second-order valence-electron chi connectivity index (χ2n) is 12.9. The molecule has 0 aliphatic carbocycles. The Labute approximate surface area is 290 Å². The fraction of sp³-hybridized carbons (Fsp3) is 0.278. The number of nitro groups is 1. The van der Waals surface area contributed by atoms with E-state index in [1.165, 1.54) is 29.2 Å². The Hall–Kier alpha value is -5.63. The van der Waals surface area contributed by atoms with Crippen molar-refractivity contribution in [2.24, 2.45) is 0 Å². The third kappa shape index (κ3) is 6.92. The number of non-ortho nitro benzene ring substituents is 1. The first-order valence-corrected chi connectivity index (χ1v) is 17.2. The van der Waals surface area contributed by atoms with Crippen LogP contribution >= 0.6 is 0 Å². The maximum atomic E-state index is 14.3. The van der Waals surface area contributed by atoms with Crippen LogP contribution in [0.1, 0.15) is 44.4 Å². The number of nitro benzene ring substituents is 1. The summed E-state index contributed by atoms with van der Waals surface area (Å²) in [5, 5.41) is 12.7. The third-order valence-electron chi connectivity index (χ3n) is 8.28. The number of nitrogens with one attached hydrogen (secondary N) is 1. The van der Waals surface area contributed by atoms with E-state index in [1.54, 1.807) is 75.4 Å². The Bertz CT molecular complexity index is 1920. The smallest absolute Gasteiger partial charge is 0.408 e. The standard InChI is InChI=1S/C36H34N4O9S/c1-36(2,3)49-35(44)37-28-32(42)39-29(34(43)48-30(22-11-6-4-7-12-22)23-13-8-5-9-14-23)25(21-50(47)33(28)39)19-24-17-18-38(31(24)41)26-15-10-16-27(20-26)40(45)46/h4-16,19-20,28,30,33H,17-18,21H2,1-3H3,(H,37,44)/b24-19+. The van der Waals surface area contributed by atoms with Gasteiger partial charge in [0.15, 0.2) is 6.10 Å². The SMILES string of the molecule is CC(C)(C)OC(=O)NC1C(=O)N2C(C(=O)OC(c3ccccc3)c3ccccc3)=C(/C=C3\CCN(c4cccc([N+](=O)[O-])c4)C3=O)CS(=O)C12. The van der Waals surface area contributed by atoms with Crippen LogP contribution in [0.5, 0.6) is 0 Å². The Morgan fingerprint density at radius 3 is 2.24 bits per heavy atom. The molecule has 3 atom stereocenters. The van der Waals surface area contributed by atoms with Gasteiger partial charge in [0.1, 0.15) is 22.7 Å². The van der Waals surface area contributed by atoms with Crippen LogP contribution in [0.2, 0.25) is 0 Å². The van der Waals surface area contributed by atoms with Crippen LogP contribution in [0.15, 0.2) is 108 Å². The second kappa shape index (κ2) is 13.7. The molecule has 3 amide bonds. The van der Waals surface area contributed by atoms with Gasteiger partial charge in [-0.25, -0.2) is 9.59 Å². The number of amides is 3. The maximum Gasteiger partial charge on any atom is 0.408 e. The lowest BCUT2D eigenvalue weighted by molar-refractivity contribution is -0.384. The predicted molar refractivity (Wildman–Crippen MR) is 183 cm³/mol. The molecule has 3 heterocycles. The van der Waals surface area contributed by atoms with E-state index in [1.807, 2.05) is 12.1 Å². The Balaban J connectivity index is 1.38. The summed E-state index contributed by atoms with van der Waals surface area (Å²) in [4.78, 5) is 67.4. The minimum absolute atomic E-state index is 0.151. The number of fused-ring (bicyclic) bond motifs is 1. The Morgan fingerprint density at radius 2 is 1.64 bits per heavy atom. The molecule has 3 aliphatic rings. The van der Waals surface area contributed by atoms with Gasteiger partial charge in [-0.05, 0) is 56.0 Å². The number of hydrogen-bond donors (Lipinski definition) is 1. The summed E-state index contributed by atoms with van der Waals surface area (Å²) in [6.45, 7) is 5.20. The van der Waals surface area contributed by atoms with Crippen molar-refractivity contribution < 1.29 is 37.8 Å². The number of carbonyl (C=O) groups is 4. The number of alkyl carbamates (subject to hydrolysis) is 1. The van der Waals surface area contributed by atoms with Crippen molar-refractivity contribution in [3.05, 3.63) is 129 Å². The lowest BCUT2D eigenvalue weighted by atomic mass is 10.00. The van der Waals surface area contributed by atoms with E-state index >= 15 is 0 Å². The van der Waals surface area contributed by atoms with E-state index in [4.69, 9.17) is 9.47 Å². The van der Waals surface area contributed by atoms with E-state index < -0.39 is 62.7 Å². The highest BCUT2D eigenvalue weighted by Gasteiger charge is 2.58. The van der Waals surface area contributed by atoms with Crippen molar-refractivity contribution in [1.29, 1.82) is 0 Å². The molecule has 1 N–H and O–H groups in total. The molecule has 258 valence electrons. The molecule has 3 aliphatic heterocycles. The number of anilines is 1. The topological polar surface area (TPSA) is 165 Å². The molecule has 2 fully saturated rings. The summed E-state index contributed by atoms with van der Waals surface area (Å²) in [7, 11) is -1.81. The average molecular weight is 699 g/mol. The van der Waals surface area contributed by atoms with Gasteiger partial charge in [-0.15, -0.1) is 0 Å². The molecule has 0 aromatic heterocycles. The molecule has 3 aromatic carbocycles. The zero-order valence-electron chi connectivity index (χ0n) is 27.4. The molecule has 0 spiro atoms. The summed E-state index contributed by atoms with van der Waals surface area (Å²) < 4.78 is 25.2. The molecule has 0 radical (unpaired) electrons. The van der Waals surface area contributed by atoms with Gasteiger partial charge in [-0.2, -0.15) is 0 Å². The van der Waals surface area contributed by atoms with Crippen LogP contribution in [-0.2, 0) is 34.7 Å². The molecular weight excluding hydrogens is 664 g/mol. The Morgan fingerprint density at radius 1 is 1.00 bits per heavy atom. The summed E-state index contributed by atoms with van der Waals surface area (Å²) in [6, 6.07) is 22.5. The number of rotatable bonds is 8. The van der Waals surface area contributed by atoms with Crippen LogP contribution in [0.3, 0.4) is 0 Å². The van der Waals surface area contributed by atoms with Gasteiger partial charge >= 0.3 is 12.1 Å². The molecule has 13 nitrogen and oxygen atoms in total. The summed E-state index contributed by atoms with van der Waals surface area (Å²) >= 11 is 0. The third-order valence-corrected chi connectivity index (χ3v) is 9.89. The van der Waals surface area contributed by atoms with Gasteiger partial charge in [-0.1, -0.05) is 66.7 Å². The molecule has 50 heavy (non-hydrogen) atoms. The number of allylic oxidation sites excluding steroid dienone is 1. The van der Waals surface area contributed by atoms with Gasteiger partial charge in [0.2, 0.25) is 0 Å². The first-order valence-electron chi connectivity index (χ1n) is 15.8. The predicted octanol–water partition coefficient (Wildman–Crippen LogP) is 4.67. The highest BCUT2D eigenvalue weighted by atomic mass is 32.2. The van der Waals surface area contributed by atoms with E-state index in [0.29, 0.717) is 16.8 Å². The molecule has 6 rings (SSSR count). The van der Waals surface area contributed by atoms with E-state index in [-0.39, 0.29) is 41.2 Å². The number of esters is 1. The van der Waals surface area contributed by atoms with E-state index in [9.17, 15) is 33.5 Å². The van der Waals surface area contributed by atoms with Crippen molar-refractivity contribution in [3.63, 3.8) is 0 Å². The summed E-state index contributed by atoms with van der Waals surface area (Å²) in [5.74, 6) is -2.25. The zero-order valence-corrected chi connectivity index (χ0v) is 28.3. The van der Waals surface area contributed by atoms with E-state index in [2.05, 4.69) is 5.32 Å². The largest absolute Gasteiger partial charge is 0.448 e. The van der Waals surface area contributed by atoms with Crippen molar-refractivity contribution in [2.75, 3.05) is 17.2 Å². The zero-order chi connectivity index (χ0) is 35.7.